The normalized spacial score (nSPS) is 19.1. The molecule has 2 N–H and O–H groups in total. The van der Waals surface area contributed by atoms with Crippen LogP contribution in [0.15, 0.2) is 66.3 Å². The largest absolute Gasteiger partial charge is 0.367 e. The number of amides is 2. The van der Waals surface area contributed by atoms with E-state index in [2.05, 4.69) is 11.1 Å². The maximum atomic E-state index is 12.8. The van der Waals surface area contributed by atoms with Gasteiger partial charge in [0.15, 0.2) is 5.60 Å². The summed E-state index contributed by atoms with van der Waals surface area (Å²) in [4.78, 5) is 32.0. The molecule has 0 radical (unpaired) electrons. The number of ether oxygens (including phenoxy) is 1. The maximum Gasteiger partial charge on any atom is 0.254 e. The van der Waals surface area contributed by atoms with Gasteiger partial charge in [-0.05, 0) is 34.7 Å². The highest BCUT2D eigenvalue weighted by atomic mass is 32.1. The van der Waals surface area contributed by atoms with Crippen LogP contribution in [-0.4, -0.2) is 47.0 Å². The lowest BCUT2D eigenvalue weighted by atomic mass is 9.91. The average molecular weight is 407 g/mol. The van der Waals surface area contributed by atoms with Crippen LogP contribution in [0.2, 0.25) is 0 Å². The molecule has 2 amide bonds. The molecule has 148 valence electrons. The molecule has 0 aliphatic carbocycles. The predicted octanol–water partition coefficient (Wildman–Crippen LogP) is 2.75. The Hall–Kier alpha value is -3.03. The van der Waals surface area contributed by atoms with Crippen molar-refractivity contribution < 1.29 is 14.3 Å². The van der Waals surface area contributed by atoms with Gasteiger partial charge in [0, 0.05) is 35.8 Å². The molecular formula is C22H21N3O3S. The molecule has 3 aromatic rings. The number of hydrogen-bond acceptors (Lipinski definition) is 5. The molecule has 6 nitrogen and oxygen atoms in total. The molecule has 29 heavy (non-hydrogen) atoms. The molecule has 1 saturated heterocycles. The average Bonchev–Trinajstić information content (AvgIpc) is 3.29. The lowest BCUT2D eigenvalue weighted by Crippen LogP contribution is -2.61. The number of morpholine rings is 1. The van der Waals surface area contributed by atoms with Gasteiger partial charge in [-0.1, -0.05) is 30.3 Å². The fourth-order valence-electron chi connectivity index (χ4n) is 3.54. The van der Waals surface area contributed by atoms with Gasteiger partial charge in [0.05, 0.1) is 13.2 Å². The van der Waals surface area contributed by atoms with E-state index < -0.39 is 11.5 Å². The van der Waals surface area contributed by atoms with Crippen molar-refractivity contribution in [1.82, 2.24) is 9.88 Å². The summed E-state index contributed by atoms with van der Waals surface area (Å²) in [6.07, 6.45) is 3.46. The van der Waals surface area contributed by atoms with Gasteiger partial charge >= 0.3 is 0 Å². The number of carbonyl (C=O) groups excluding carboxylic acids is 2. The summed E-state index contributed by atoms with van der Waals surface area (Å²) in [5.74, 6) is -0.721. The first kappa shape index (κ1) is 19.3. The summed E-state index contributed by atoms with van der Waals surface area (Å²) in [6, 6.07) is 15.4. The number of primary amides is 1. The second-order valence-corrected chi connectivity index (χ2v) is 7.97. The summed E-state index contributed by atoms with van der Waals surface area (Å²) >= 11 is 1.68. The highest BCUT2D eigenvalue weighted by Crippen LogP contribution is 2.28. The maximum absolute atomic E-state index is 12.8. The van der Waals surface area contributed by atoms with Crippen LogP contribution < -0.4 is 5.73 Å². The highest BCUT2D eigenvalue weighted by Gasteiger charge is 2.43. The van der Waals surface area contributed by atoms with Crippen molar-refractivity contribution in [3.63, 3.8) is 0 Å². The minimum absolute atomic E-state index is 0.121. The molecule has 1 aliphatic rings. The number of pyridine rings is 1. The Bertz CT molecular complexity index is 990. The van der Waals surface area contributed by atoms with Gasteiger partial charge in [-0.3, -0.25) is 14.6 Å². The fraction of sp³-hybridized carbons (Fsp3) is 0.227. The number of thiophene rings is 1. The topological polar surface area (TPSA) is 85.5 Å². The first-order chi connectivity index (χ1) is 14.1. The Labute approximate surface area is 172 Å². The quantitative estimate of drug-likeness (QED) is 0.705. The van der Waals surface area contributed by atoms with Crippen LogP contribution in [-0.2, 0) is 16.0 Å². The number of nitrogens with two attached hydrogens (primary N) is 1. The van der Waals surface area contributed by atoms with Gasteiger partial charge in [0.2, 0.25) is 0 Å². The minimum Gasteiger partial charge on any atom is -0.367 e. The summed E-state index contributed by atoms with van der Waals surface area (Å²) in [5, 5.41) is 2.04. The van der Waals surface area contributed by atoms with E-state index in [1.54, 1.807) is 40.8 Å². The van der Waals surface area contributed by atoms with Crippen molar-refractivity contribution in [3.8, 4) is 10.4 Å². The molecule has 7 heteroatoms. The molecule has 2 aromatic heterocycles. The minimum atomic E-state index is -1.24. The number of rotatable bonds is 5. The second kappa shape index (κ2) is 8.14. The van der Waals surface area contributed by atoms with Crippen LogP contribution in [0.4, 0.5) is 0 Å². The Kier molecular flexibility index (Phi) is 5.42. The Morgan fingerprint density at radius 1 is 1.14 bits per heavy atom. The molecule has 0 spiro atoms. The Morgan fingerprint density at radius 2 is 1.90 bits per heavy atom. The Morgan fingerprint density at radius 3 is 2.55 bits per heavy atom. The molecule has 3 heterocycles. The van der Waals surface area contributed by atoms with Crippen molar-refractivity contribution in [3.05, 3.63) is 77.4 Å². The van der Waals surface area contributed by atoms with Gasteiger partial charge in [-0.25, -0.2) is 0 Å². The second-order valence-electron chi connectivity index (χ2n) is 7.02. The van der Waals surface area contributed by atoms with E-state index in [1.807, 2.05) is 35.7 Å². The standard InChI is InChI=1S/C22H21N3O3S/c23-21(27)22(14-16-3-5-17(6-4-16)19-2-1-13-29-19)15-25(11-12-28-22)20(26)18-7-9-24-10-8-18/h1-10,13H,11-12,14-15H2,(H2,23,27)/t22-/m0/s1. The van der Waals surface area contributed by atoms with Crippen molar-refractivity contribution in [2.75, 3.05) is 19.7 Å². The van der Waals surface area contributed by atoms with Crippen molar-refractivity contribution in [2.24, 2.45) is 5.73 Å². The first-order valence-electron chi connectivity index (χ1n) is 9.33. The summed E-state index contributed by atoms with van der Waals surface area (Å²) in [6.45, 7) is 0.788. The zero-order chi connectivity index (χ0) is 20.3. The van der Waals surface area contributed by atoms with Gasteiger partial charge in [0.25, 0.3) is 11.8 Å². The zero-order valence-corrected chi connectivity index (χ0v) is 16.6. The van der Waals surface area contributed by atoms with Crippen LogP contribution in [0.25, 0.3) is 10.4 Å². The number of carbonyl (C=O) groups is 2. The lowest BCUT2D eigenvalue weighted by Gasteiger charge is -2.40. The summed E-state index contributed by atoms with van der Waals surface area (Å²) in [7, 11) is 0. The van der Waals surface area contributed by atoms with Crippen LogP contribution in [0.5, 0.6) is 0 Å². The van der Waals surface area contributed by atoms with E-state index in [1.165, 1.54) is 4.88 Å². The van der Waals surface area contributed by atoms with Crippen molar-refractivity contribution in [2.45, 2.75) is 12.0 Å². The molecule has 4 rings (SSSR count). The smallest absolute Gasteiger partial charge is 0.254 e. The van der Waals surface area contributed by atoms with Crippen LogP contribution in [0.1, 0.15) is 15.9 Å². The monoisotopic (exact) mass is 407 g/mol. The van der Waals surface area contributed by atoms with E-state index in [-0.39, 0.29) is 19.1 Å². The lowest BCUT2D eigenvalue weighted by molar-refractivity contribution is -0.153. The fourth-order valence-corrected chi connectivity index (χ4v) is 4.27. The van der Waals surface area contributed by atoms with Crippen LogP contribution in [0, 0.1) is 0 Å². The van der Waals surface area contributed by atoms with Crippen molar-refractivity contribution in [1.29, 1.82) is 0 Å². The third-order valence-corrected chi connectivity index (χ3v) is 6.02. The number of aromatic nitrogens is 1. The molecule has 0 bridgehead atoms. The van der Waals surface area contributed by atoms with Gasteiger partial charge in [-0.15, -0.1) is 11.3 Å². The van der Waals surface area contributed by atoms with E-state index in [4.69, 9.17) is 10.5 Å². The Balaban J connectivity index is 1.54. The van der Waals surface area contributed by atoms with Gasteiger partial charge in [-0.2, -0.15) is 0 Å². The summed E-state index contributed by atoms with van der Waals surface area (Å²) < 4.78 is 5.87. The third kappa shape index (κ3) is 4.06. The molecule has 1 aliphatic heterocycles. The van der Waals surface area contributed by atoms with Crippen molar-refractivity contribution >= 4 is 23.2 Å². The van der Waals surface area contributed by atoms with E-state index >= 15 is 0 Å². The molecule has 1 aromatic carbocycles. The highest BCUT2D eigenvalue weighted by molar-refractivity contribution is 7.13. The predicted molar refractivity (Wildman–Crippen MR) is 111 cm³/mol. The molecule has 0 unspecified atom stereocenters. The van der Waals surface area contributed by atoms with Crippen LogP contribution >= 0.6 is 11.3 Å². The third-order valence-electron chi connectivity index (χ3n) is 5.10. The van der Waals surface area contributed by atoms with E-state index in [9.17, 15) is 9.59 Å². The number of benzene rings is 1. The first-order valence-corrected chi connectivity index (χ1v) is 10.2. The SMILES string of the molecule is NC(=O)[C@]1(Cc2ccc(-c3cccs3)cc2)CN(C(=O)c2ccncc2)CCO1. The molecule has 1 atom stereocenters. The molecular weight excluding hydrogens is 386 g/mol. The van der Waals surface area contributed by atoms with Gasteiger partial charge < -0.3 is 15.4 Å². The van der Waals surface area contributed by atoms with E-state index in [0.717, 1.165) is 11.1 Å². The number of nitrogens with zero attached hydrogens (tertiary/aromatic N) is 2. The zero-order valence-electron chi connectivity index (χ0n) is 15.8. The molecule has 0 saturated carbocycles. The number of hydrogen-bond donors (Lipinski definition) is 1. The van der Waals surface area contributed by atoms with Crippen LogP contribution in [0.3, 0.4) is 0 Å². The van der Waals surface area contributed by atoms with Gasteiger partial charge in [0.1, 0.15) is 0 Å². The summed E-state index contributed by atoms with van der Waals surface area (Å²) in [5.41, 5.74) is 7.09. The van der Waals surface area contributed by atoms with E-state index in [0.29, 0.717) is 18.5 Å². The molecule has 1 fully saturated rings.